The predicted octanol–water partition coefficient (Wildman–Crippen LogP) is 0.505. The van der Waals surface area contributed by atoms with E-state index in [4.69, 9.17) is 0 Å². The minimum absolute atomic E-state index is 0.301. The maximum absolute atomic E-state index is 13.6. The highest BCUT2D eigenvalue weighted by molar-refractivity contribution is 7.89. The zero-order chi connectivity index (χ0) is 37.9. The van der Waals surface area contributed by atoms with Crippen molar-refractivity contribution in [2.24, 2.45) is 0 Å². The first-order valence-electron chi connectivity index (χ1n) is 14.0. The highest BCUT2D eigenvalue weighted by atomic mass is 32.2. The fourth-order valence-electron chi connectivity index (χ4n) is 4.67. The van der Waals surface area contributed by atoms with Crippen LogP contribution in [0.1, 0.15) is 0 Å². The molecule has 0 atom stereocenters. The minimum Gasteiger partial charge on any atom is -0.297 e. The molecule has 4 rings (SSSR count). The molecule has 1 fully saturated rings. The van der Waals surface area contributed by atoms with E-state index in [1.165, 1.54) is 0 Å². The number of nitro benzene ring substituents is 3. The SMILES string of the molecule is O=C1CN(S(=O)(=O)c2ccc([N+](=O)[O-])cc2)CC(=O)CN(S(=O)(=O)c2ccc([N+](=O)[O-])cc2)CC(=O)CN(S(=O)(=O)c2ccc([N+](=O)[O-])cc2)C1. The minimum atomic E-state index is -4.87. The Morgan fingerprint density at radius 1 is 0.392 bits per heavy atom. The molecule has 1 saturated heterocycles. The number of nitrogens with zero attached hydrogens (tertiary/aromatic N) is 6. The Morgan fingerprint density at radius 2 is 0.569 bits per heavy atom. The summed E-state index contributed by atoms with van der Waals surface area (Å²) in [7, 11) is -14.6. The molecule has 51 heavy (non-hydrogen) atoms. The number of hydrogen-bond donors (Lipinski definition) is 0. The Hall–Kier alpha value is -5.40. The van der Waals surface area contributed by atoms with Gasteiger partial charge in [0.15, 0.2) is 17.3 Å². The normalized spacial score (nSPS) is 16.6. The lowest BCUT2D eigenvalue weighted by molar-refractivity contribution is -0.385. The van der Waals surface area contributed by atoms with Crippen LogP contribution in [0.2, 0.25) is 0 Å². The van der Waals surface area contributed by atoms with E-state index < -0.39 is 133 Å². The van der Waals surface area contributed by atoms with E-state index >= 15 is 0 Å². The monoisotopic (exact) mass is 768 g/mol. The van der Waals surface area contributed by atoms with Gasteiger partial charge in [-0.25, -0.2) is 25.3 Å². The summed E-state index contributed by atoms with van der Waals surface area (Å²) in [5.74, 6) is -3.49. The van der Waals surface area contributed by atoms with E-state index in [1.54, 1.807) is 0 Å². The molecule has 0 amide bonds. The first kappa shape index (κ1) is 38.4. The average Bonchev–Trinajstić information content (AvgIpc) is 3.06. The number of sulfonamides is 3. The molecule has 0 radical (unpaired) electrons. The summed E-state index contributed by atoms with van der Waals surface area (Å²) >= 11 is 0. The van der Waals surface area contributed by atoms with E-state index in [-0.39, 0.29) is 0 Å². The second-order valence-corrected chi connectivity index (χ2v) is 16.5. The van der Waals surface area contributed by atoms with Crippen molar-refractivity contribution in [1.29, 1.82) is 0 Å². The zero-order valence-corrected chi connectivity index (χ0v) is 28.2. The molecule has 0 aromatic heterocycles. The van der Waals surface area contributed by atoms with E-state index in [0.717, 1.165) is 72.8 Å². The van der Waals surface area contributed by atoms with Gasteiger partial charge in [0.1, 0.15) is 0 Å². The van der Waals surface area contributed by atoms with Crippen LogP contribution < -0.4 is 0 Å². The van der Waals surface area contributed by atoms with Crippen LogP contribution in [-0.4, -0.2) is 110 Å². The van der Waals surface area contributed by atoms with Crippen LogP contribution in [0, 0.1) is 30.3 Å². The summed E-state index contributed by atoms with van der Waals surface area (Å²) in [6.45, 7) is -7.16. The van der Waals surface area contributed by atoms with E-state index in [1.807, 2.05) is 0 Å². The van der Waals surface area contributed by atoms with Crippen molar-refractivity contribution in [3.05, 3.63) is 103 Å². The molecule has 0 unspecified atom stereocenters. The molecule has 0 aliphatic carbocycles. The summed E-state index contributed by atoms with van der Waals surface area (Å²) in [4.78, 5) is 68.8. The highest BCUT2D eigenvalue weighted by Crippen LogP contribution is 2.24. The molecule has 0 bridgehead atoms. The van der Waals surface area contributed by atoms with Crippen LogP contribution >= 0.6 is 0 Å². The van der Waals surface area contributed by atoms with Gasteiger partial charge in [-0.15, -0.1) is 0 Å². The molecule has 21 nitrogen and oxygen atoms in total. The summed E-state index contributed by atoms with van der Waals surface area (Å²) in [6, 6.07) is 9.85. The fourth-order valence-corrected chi connectivity index (χ4v) is 8.89. The van der Waals surface area contributed by atoms with Crippen molar-refractivity contribution < 1.29 is 54.4 Å². The lowest BCUT2D eigenvalue weighted by Crippen LogP contribution is -2.50. The van der Waals surface area contributed by atoms with E-state index in [9.17, 15) is 70.0 Å². The van der Waals surface area contributed by atoms with Crippen molar-refractivity contribution in [3.8, 4) is 0 Å². The van der Waals surface area contributed by atoms with Gasteiger partial charge in [-0.1, -0.05) is 0 Å². The smallest absolute Gasteiger partial charge is 0.269 e. The molecule has 0 spiro atoms. The average molecular weight is 769 g/mol. The first-order valence-corrected chi connectivity index (χ1v) is 18.3. The Kier molecular flexibility index (Phi) is 11.2. The molecule has 270 valence electrons. The Balaban J connectivity index is 1.80. The van der Waals surface area contributed by atoms with Crippen LogP contribution in [0.4, 0.5) is 17.1 Å². The molecule has 24 heteroatoms. The lowest BCUT2D eigenvalue weighted by atomic mass is 10.3. The van der Waals surface area contributed by atoms with Gasteiger partial charge in [0.05, 0.1) is 68.7 Å². The molecule has 0 saturated carbocycles. The molecule has 3 aromatic carbocycles. The molecule has 3 aromatic rings. The summed E-state index contributed by atoms with van der Waals surface area (Å²) in [6.07, 6.45) is 0. The molecular formula is C27H24N6O15S3. The number of rotatable bonds is 9. The third-order valence-corrected chi connectivity index (χ3v) is 12.6. The van der Waals surface area contributed by atoms with Crippen molar-refractivity contribution in [2.75, 3.05) is 39.3 Å². The van der Waals surface area contributed by atoms with Gasteiger partial charge in [0.2, 0.25) is 30.1 Å². The standard InChI is InChI=1S/C27H24N6O15S3/c34-22-13-28(49(43,44)25-7-1-19(2-8-25)31(37)38)14-23(35)16-30(51(47,48)27-11-5-21(6-12-27)33(41)42)18-24(36)17-29(15-22)50(45,46)26-9-3-20(4-10-26)32(39)40/h1-12H,13-18H2. The maximum Gasteiger partial charge on any atom is 0.269 e. The maximum atomic E-state index is 13.6. The number of ketones is 3. The first-order chi connectivity index (χ1) is 23.7. The van der Waals surface area contributed by atoms with Gasteiger partial charge in [-0.3, -0.25) is 44.7 Å². The van der Waals surface area contributed by atoms with Gasteiger partial charge in [0, 0.05) is 36.4 Å². The molecule has 0 N–H and O–H groups in total. The molecule has 1 aliphatic heterocycles. The number of hydrogen-bond acceptors (Lipinski definition) is 15. The van der Waals surface area contributed by atoms with Crippen LogP contribution in [0.25, 0.3) is 0 Å². The number of non-ortho nitro benzene ring substituents is 3. The lowest BCUT2D eigenvalue weighted by Gasteiger charge is -2.28. The Morgan fingerprint density at radius 3 is 0.725 bits per heavy atom. The third-order valence-electron chi connectivity index (χ3n) is 7.17. The van der Waals surface area contributed by atoms with E-state index in [2.05, 4.69) is 0 Å². The van der Waals surface area contributed by atoms with Crippen molar-refractivity contribution in [1.82, 2.24) is 12.9 Å². The van der Waals surface area contributed by atoms with Crippen molar-refractivity contribution in [3.63, 3.8) is 0 Å². The number of carbonyl (C=O) groups is 3. The fraction of sp³-hybridized carbons (Fsp3) is 0.222. The topological polar surface area (TPSA) is 293 Å². The van der Waals surface area contributed by atoms with Gasteiger partial charge in [-0.2, -0.15) is 12.9 Å². The molecular weight excluding hydrogens is 745 g/mol. The molecule has 1 heterocycles. The Labute approximate surface area is 288 Å². The second kappa shape index (κ2) is 14.8. The predicted molar refractivity (Wildman–Crippen MR) is 171 cm³/mol. The van der Waals surface area contributed by atoms with Crippen LogP contribution in [0.15, 0.2) is 87.5 Å². The zero-order valence-electron chi connectivity index (χ0n) is 25.7. The highest BCUT2D eigenvalue weighted by Gasteiger charge is 2.37. The largest absolute Gasteiger partial charge is 0.297 e. The summed E-state index contributed by atoms with van der Waals surface area (Å²) < 4.78 is 82.7. The third kappa shape index (κ3) is 8.67. The summed E-state index contributed by atoms with van der Waals surface area (Å²) in [5.41, 5.74) is -1.50. The Bertz CT molecular complexity index is 1970. The quantitative estimate of drug-likeness (QED) is 0.212. The van der Waals surface area contributed by atoms with Gasteiger partial charge < -0.3 is 0 Å². The number of benzene rings is 3. The van der Waals surface area contributed by atoms with Crippen molar-refractivity contribution >= 4 is 64.5 Å². The van der Waals surface area contributed by atoms with Crippen LogP contribution in [0.3, 0.4) is 0 Å². The number of Topliss-reactive ketones (excluding diaryl/α,β-unsaturated/α-hetero) is 3. The van der Waals surface area contributed by atoms with Gasteiger partial charge >= 0.3 is 0 Å². The summed E-state index contributed by atoms with van der Waals surface area (Å²) in [5, 5.41) is 33.2. The second-order valence-electron chi connectivity index (χ2n) is 10.7. The van der Waals surface area contributed by atoms with Crippen molar-refractivity contribution in [2.45, 2.75) is 14.7 Å². The number of carbonyl (C=O) groups excluding carboxylic acids is 3. The van der Waals surface area contributed by atoms with Crippen LogP contribution in [-0.2, 0) is 44.5 Å². The van der Waals surface area contributed by atoms with Gasteiger partial charge in [0.25, 0.3) is 17.1 Å². The number of nitro groups is 3. The van der Waals surface area contributed by atoms with Crippen LogP contribution in [0.5, 0.6) is 0 Å². The molecule has 1 aliphatic rings. The van der Waals surface area contributed by atoms with Gasteiger partial charge in [-0.05, 0) is 36.4 Å². The van der Waals surface area contributed by atoms with E-state index in [0.29, 0.717) is 12.9 Å².